The number of rotatable bonds is 6. The highest BCUT2D eigenvalue weighted by Crippen LogP contribution is 2.30. The van der Waals surface area contributed by atoms with E-state index in [1.54, 1.807) is 18.2 Å². The van der Waals surface area contributed by atoms with Crippen LogP contribution in [0.25, 0.3) is 0 Å². The van der Waals surface area contributed by atoms with Crippen LogP contribution in [0.5, 0.6) is 11.5 Å². The zero-order valence-electron chi connectivity index (χ0n) is 15.0. The van der Waals surface area contributed by atoms with Crippen LogP contribution in [0, 0.1) is 23.3 Å². The van der Waals surface area contributed by atoms with E-state index < -0.39 is 35.4 Å². The van der Waals surface area contributed by atoms with Gasteiger partial charge in [0.25, 0.3) is 0 Å². The molecule has 2 rings (SSSR count). The Labute approximate surface area is 154 Å². The predicted molar refractivity (Wildman–Crippen MR) is 94.3 cm³/mol. The summed E-state index contributed by atoms with van der Waals surface area (Å²) in [6, 6.07) is 5.16. The summed E-state index contributed by atoms with van der Waals surface area (Å²) in [6.45, 7) is 1.79. The molecule has 0 aliphatic rings. The second kappa shape index (κ2) is 9.11. The van der Waals surface area contributed by atoms with E-state index in [2.05, 4.69) is 15.6 Å². The van der Waals surface area contributed by atoms with Gasteiger partial charge in [-0.3, -0.25) is 4.99 Å². The van der Waals surface area contributed by atoms with Gasteiger partial charge in [0.2, 0.25) is 0 Å². The van der Waals surface area contributed by atoms with Crippen molar-refractivity contribution >= 4 is 11.6 Å². The van der Waals surface area contributed by atoms with Crippen LogP contribution in [-0.2, 0) is 6.54 Å². The van der Waals surface area contributed by atoms with Crippen LogP contribution >= 0.6 is 0 Å². The molecule has 0 aliphatic carbocycles. The lowest BCUT2D eigenvalue weighted by Gasteiger charge is -2.15. The number of nitrogens with one attached hydrogen (secondary N) is 2. The molecule has 0 aromatic heterocycles. The van der Waals surface area contributed by atoms with Crippen molar-refractivity contribution in [3.63, 3.8) is 0 Å². The Balaban J connectivity index is 2.14. The van der Waals surface area contributed by atoms with Crippen LogP contribution in [0.2, 0.25) is 0 Å². The van der Waals surface area contributed by atoms with E-state index in [1.165, 1.54) is 14.2 Å². The average Bonchev–Trinajstić information content (AvgIpc) is 2.66. The number of methoxy groups -OCH3 is 1. The van der Waals surface area contributed by atoms with E-state index in [1.807, 2.05) is 6.92 Å². The van der Waals surface area contributed by atoms with Crippen LogP contribution in [-0.4, -0.2) is 26.7 Å². The van der Waals surface area contributed by atoms with Crippen LogP contribution in [0.15, 0.2) is 29.3 Å². The SMILES string of the molecule is CCOc1ccc(NC(=NC)NCc2c(F)c(F)cc(F)c2F)cc1OC. The summed E-state index contributed by atoms with van der Waals surface area (Å²) >= 11 is 0. The molecule has 2 N–H and O–H groups in total. The second-order valence-corrected chi connectivity index (χ2v) is 5.30. The molecule has 0 atom stereocenters. The van der Waals surface area contributed by atoms with Crippen LogP contribution in [0.1, 0.15) is 12.5 Å². The molecule has 0 bridgehead atoms. The molecule has 0 aliphatic heterocycles. The van der Waals surface area contributed by atoms with E-state index in [0.717, 1.165) is 0 Å². The average molecular weight is 385 g/mol. The van der Waals surface area contributed by atoms with Gasteiger partial charge >= 0.3 is 0 Å². The lowest BCUT2D eigenvalue weighted by molar-refractivity contribution is 0.311. The van der Waals surface area contributed by atoms with Gasteiger partial charge in [0.15, 0.2) is 40.7 Å². The summed E-state index contributed by atoms with van der Waals surface area (Å²) in [5, 5.41) is 5.48. The summed E-state index contributed by atoms with van der Waals surface area (Å²) < 4.78 is 64.7. The zero-order valence-corrected chi connectivity index (χ0v) is 15.0. The molecule has 146 valence electrons. The van der Waals surface area contributed by atoms with Crippen LogP contribution in [0.4, 0.5) is 23.2 Å². The Bertz CT molecular complexity index is 818. The second-order valence-electron chi connectivity index (χ2n) is 5.30. The molecule has 5 nitrogen and oxygen atoms in total. The molecule has 0 spiro atoms. The Kier molecular flexibility index (Phi) is 6.86. The van der Waals surface area contributed by atoms with Gasteiger partial charge in [-0.05, 0) is 19.1 Å². The first-order valence-electron chi connectivity index (χ1n) is 8.01. The third-order valence-electron chi connectivity index (χ3n) is 3.59. The van der Waals surface area contributed by atoms with E-state index in [9.17, 15) is 17.6 Å². The van der Waals surface area contributed by atoms with E-state index in [0.29, 0.717) is 23.8 Å². The van der Waals surface area contributed by atoms with Crippen LogP contribution < -0.4 is 20.1 Å². The van der Waals surface area contributed by atoms with Crippen molar-refractivity contribution in [2.45, 2.75) is 13.5 Å². The lowest BCUT2D eigenvalue weighted by Crippen LogP contribution is -2.31. The number of halogens is 4. The Hall–Kier alpha value is -2.97. The number of benzene rings is 2. The summed E-state index contributed by atoms with van der Waals surface area (Å²) in [5.41, 5.74) is -0.213. The quantitative estimate of drug-likeness (QED) is 0.343. The Morgan fingerprint density at radius 3 is 2.26 bits per heavy atom. The van der Waals surface area contributed by atoms with Crippen molar-refractivity contribution < 1.29 is 27.0 Å². The van der Waals surface area contributed by atoms with Crippen LogP contribution in [0.3, 0.4) is 0 Å². The first-order valence-corrected chi connectivity index (χ1v) is 8.01. The fraction of sp³-hybridized carbons (Fsp3) is 0.278. The van der Waals surface area contributed by atoms with Crippen molar-refractivity contribution in [1.82, 2.24) is 5.32 Å². The first-order chi connectivity index (χ1) is 12.9. The number of guanidine groups is 1. The summed E-state index contributed by atoms with van der Waals surface area (Å²) in [6.07, 6.45) is 0. The smallest absolute Gasteiger partial charge is 0.195 e. The topological polar surface area (TPSA) is 54.9 Å². The number of hydrogen-bond acceptors (Lipinski definition) is 3. The standard InChI is InChI=1S/C18H19F4N3O2/c1-4-27-14-6-5-10(7-15(14)26-3)25-18(23-2)24-9-11-16(21)12(19)8-13(20)17(11)22/h5-8H,4,9H2,1-3H3,(H2,23,24,25). The van der Waals surface area contributed by atoms with Gasteiger partial charge in [0.05, 0.1) is 13.7 Å². The zero-order chi connectivity index (χ0) is 20.0. The minimum absolute atomic E-state index is 0.129. The maximum atomic E-state index is 13.7. The van der Waals surface area contributed by atoms with Crippen molar-refractivity contribution in [3.05, 3.63) is 53.1 Å². The fourth-order valence-corrected chi connectivity index (χ4v) is 2.29. The third kappa shape index (κ3) is 4.81. The fourth-order valence-electron chi connectivity index (χ4n) is 2.29. The molecular formula is C18H19F4N3O2. The summed E-state index contributed by atoms with van der Waals surface area (Å²) in [5.74, 6) is -4.70. The number of nitrogens with zero attached hydrogens (tertiary/aromatic N) is 1. The molecule has 0 amide bonds. The van der Waals surface area contributed by atoms with Gasteiger partial charge in [-0.1, -0.05) is 0 Å². The number of aliphatic imine (C=N–C) groups is 1. The van der Waals surface area contributed by atoms with Gasteiger partial charge in [-0.15, -0.1) is 0 Å². The maximum Gasteiger partial charge on any atom is 0.195 e. The largest absolute Gasteiger partial charge is 0.493 e. The Morgan fingerprint density at radius 2 is 1.70 bits per heavy atom. The molecule has 0 unspecified atom stereocenters. The normalized spacial score (nSPS) is 11.3. The predicted octanol–water partition coefficient (Wildman–Crippen LogP) is 3.84. The first kappa shape index (κ1) is 20.3. The van der Waals surface area contributed by atoms with Gasteiger partial charge in [-0.25, -0.2) is 17.6 Å². The van der Waals surface area contributed by atoms with E-state index >= 15 is 0 Å². The number of ether oxygens (including phenoxy) is 2. The maximum absolute atomic E-state index is 13.7. The van der Waals surface area contributed by atoms with Crippen molar-refractivity contribution in [2.75, 3.05) is 26.1 Å². The molecule has 0 radical (unpaired) electrons. The van der Waals surface area contributed by atoms with Gasteiger partial charge in [-0.2, -0.15) is 0 Å². The van der Waals surface area contributed by atoms with Crippen molar-refractivity contribution in [1.29, 1.82) is 0 Å². The molecule has 0 heterocycles. The molecular weight excluding hydrogens is 366 g/mol. The van der Waals surface area contributed by atoms with E-state index in [4.69, 9.17) is 9.47 Å². The monoisotopic (exact) mass is 385 g/mol. The van der Waals surface area contributed by atoms with Gasteiger partial charge < -0.3 is 20.1 Å². The van der Waals surface area contributed by atoms with Crippen molar-refractivity contribution in [3.8, 4) is 11.5 Å². The van der Waals surface area contributed by atoms with Gasteiger partial charge in [0.1, 0.15) is 0 Å². The highest BCUT2D eigenvalue weighted by molar-refractivity contribution is 5.93. The minimum atomic E-state index is -1.47. The molecule has 0 fully saturated rings. The molecule has 0 saturated heterocycles. The number of anilines is 1. The highest BCUT2D eigenvalue weighted by Gasteiger charge is 2.19. The molecule has 2 aromatic carbocycles. The van der Waals surface area contributed by atoms with Gasteiger partial charge in [0, 0.05) is 37.0 Å². The number of hydrogen-bond donors (Lipinski definition) is 2. The summed E-state index contributed by atoms with van der Waals surface area (Å²) in [4.78, 5) is 3.91. The summed E-state index contributed by atoms with van der Waals surface area (Å²) in [7, 11) is 2.92. The molecule has 27 heavy (non-hydrogen) atoms. The minimum Gasteiger partial charge on any atom is -0.493 e. The molecule has 9 heteroatoms. The highest BCUT2D eigenvalue weighted by atomic mass is 19.2. The molecule has 0 saturated carbocycles. The van der Waals surface area contributed by atoms with Crippen molar-refractivity contribution in [2.24, 2.45) is 4.99 Å². The Morgan fingerprint density at radius 1 is 1.04 bits per heavy atom. The third-order valence-corrected chi connectivity index (χ3v) is 3.59. The van der Waals surface area contributed by atoms with E-state index in [-0.39, 0.29) is 12.0 Å². The molecule has 2 aromatic rings. The lowest BCUT2D eigenvalue weighted by atomic mass is 10.2.